The maximum Gasteiger partial charge on any atom is 0.475 e. The Morgan fingerprint density at radius 1 is 1.14 bits per heavy atom. The molecule has 3 aromatic rings. The number of hydrogen-bond acceptors (Lipinski definition) is 7. The molecule has 0 spiro atoms. The van der Waals surface area contributed by atoms with Crippen LogP contribution in [0.4, 0.5) is 4.79 Å². The van der Waals surface area contributed by atoms with Gasteiger partial charge in [-0.2, -0.15) is 10.4 Å². The Morgan fingerprint density at radius 3 is 2.57 bits per heavy atom. The van der Waals surface area contributed by atoms with E-state index in [1.807, 2.05) is 61.5 Å². The van der Waals surface area contributed by atoms with Crippen LogP contribution in [0.5, 0.6) is 0 Å². The van der Waals surface area contributed by atoms with Crippen molar-refractivity contribution in [2.24, 2.45) is 5.92 Å². The molecule has 2 aromatic carbocycles. The minimum absolute atomic E-state index is 0.0247. The van der Waals surface area contributed by atoms with Crippen LogP contribution in [0.2, 0.25) is 0 Å². The normalized spacial score (nSPS) is 13.3. The highest BCUT2D eigenvalue weighted by Crippen LogP contribution is 2.21. The molecule has 0 aliphatic heterocycles. The lowest BCUT2D eigenvalue weighted by Gasteiger charge is -2.18. The molecule has 1 aromatic heterocycles. The summed E-state index contributed by atoms with van der Waals surface area (Å²) in [6.45, 7) is 2.15. The predicted molar refractivity (Wildman–Crippen MR) is 131 cm³/mol. The van der Waals surface area contributed by atoms with E-state index in [9.17, 15) is 20.1 Å². The topological polar surface area (TPSA) is 133 Å². The summed E-state index contributed by atoms with van der Waals surface area (Å²) in [6.07, 6.45) is 4.44. The predicted octanol–water partition coefficient (Wildman–Crippen LogP) is 2.50. The summed E-state index contributed by atoms with van der Waals surface area (Å²) >= 11 is 0. The number of amides is 1. The lowest BCUT2D eigenvalue weighted by atomic mass is 9.76. The number of aryl methyl sites for hydroxylation is 1. The third kappa shape index (κ3) is 8.24. The van der Waals surface area contributed by atoms with Crippen molar-refractivity contribution in [1.29, 1.82) is 5.26 Å². The third-order valence-corrected chi connectivity index (χ3v) is 5.82. The molecular weight excluding hydrogens is 445 g/mol. The first-order valence-corrected chi connectivity index (χ1v) is 11.6. The summed E-state index contributed by atoms with van der Waals surface area (Å²) in [5, 5.41) is 35.4. The quantitative estimate of drug-likeness (QED) is 0.343. The van der Waals surface area contributed by atoms with E-state index in [1.165, 1.54) is 6.33 Å². The molecular formula is C25H30BN5O4. The highest BCUT2D eigenvalue weighted by atomic mass is 16.5. The SMILES string of the molecule is CC(Cc1cccc(CCOC(=O)N[C@@H](CCc2ccccc2)B(O)O)c1)C(C#N)n1cncn1. The van der Waals surface area contributed by atoms with Crippen molar-refractivity contribution in [2.75, 3.05) is 6.61 Å². The van der Waals surface area contributed by atoms with Gasteiger partial charge >= 0.3 is 13.2 Å². The number of carbonyl (C=O) groups excluding carboxylic acids is 1. The van der Waals surface area contributed by atoms with E-state index in [0.717, 1.165) is 16.7 Å². The van der Waals surface area contributed by atoms with Gasteiger partial charge in [-0.1, -0.05) is 61.5 Å². The van der Waals surface area contributed by atoms with E-state index < -0.39 is 25.2 Å². The number of nitriles is 1. The molecule has 10 heteroatoms. The minimum Gasteiger partial charge on any atom is -0.449 e. The van der Waals surface area contributed by atoms with Crippen LogP contribution in [-0.2, 0) is 24.0 Å². The molecule has 1 amide bonds. The van der Waals surface area contributed by atoms with Gasteiger partial charge in [-0.3, -0.25) is 0 Å². The van der Waals surface area contributed by atoms with Gasteiger partial charge in [0.15, 0.2) is 0 Å². The number of nitrogens with zero attached hydrogens (tertiary/aromatic N) is 4. The summed E-state index contributed by atoms with van der Waals surface area (Å²) in [7, 11) is -1.68. The standard InChI is InChI=1S/C25H30BN5O4/c1-19(23(16-27)31-18-28-17-29-31)14-22-9-5-8-21(15-22)12-13-35-25(32)30-24(26(33)34)11-10-20-6-3-2-4-7-20/h2-9,15,17-19,23-24,33-34H,10-14H2,1H3,(H,30,32)/t19?,23?,24-/m0/s1. The van der Waals surface area contributed by atoms with E-state index in [4.69, 9.17) is 4.74 Å². The van der Waals surface area contributed by atoms with Crippen molar-refractivity contribution in [3.05, 3.63) is 83.9 Å². The molecule has 0 aliphatic rings. The second-order valence-corrected chi connectivity index (χ2v) is 8.53. The van der Waals surface area contributed by atoms with Gasteiger partial charge in [-0.25, -0.2) is 14.5 Å². The number of nitrogens with one attached hydrogen (secondary N) is 1. The van der Waals surface area contributed by atoms with E-state index >= 15 is 0 Å². The highest BCUT2D eigenvalue weighted by molar-refractivity contribution is 6.43. The monoisotopic (exact) mass is 475 g/mol. The third-order valence-electron chi connectivity index (χ3n) is 5.82. The van der Waals surface area contributed by atoms with E-state index in [-0.39, 0.29) is 12.5 Å². The van der Waals surface area contributed by atoms with Crippen LogP contribution in [0.1, 0.15) is 36.1 Å². The molecule has 0 radical (unpaired) electrons. The average molecular weight is 475 g/mol. The van der Waals surface area contributed by atoms with Gasteiger partial charge in [-0.05, 0) is 41.9 Å². The molecule has 9 nitrogen and oxygen atoms in total. The highest BCUT2D eigenvalue weighted by Gasteiger charge is 2.25. The summed E-state index contributed by atoms with van der Waals surface area (Å²) < 4.78 is 6.84. The zero-order valence-corrected chi connectivity index (χ0v) is 19.7. The molecule has 0 bridgehead atoms. The van der Waals surface area contributed by atoms with Gasteiger partial charge in [0.25, 0.3) is 0 Å². The van der Waals surface area contributed by atoms with Gasteiger partial charge in [0.1, 0.15) is 18.7 Å². The van der Waals surface area contributed by atoms with Crippen molar-refractivity contribution < 1.29 is 19.6 Å². The van der Waals surface area contributed by atoms with Crippen LogP contribution in [0.3, 0.4) is 0 Å². The number of rotatable bonds is 12. The number of aromatic nitrogens is 3. The second-order valence-electron chi connectivity index (χ2n) is 8.53. The first kappa shape index (κ1) is 25.9. The molecule has 0 fully saturated rings. The number of hydrogen-bond donors (Lipinski definition) is 3. The molecule has 3 rings (SSSR count). The molecule has 0 saturated heterocycles. The van der Waals surface area contributed by atoms with Crippen LogP contribution >= 0.6 is 0 Å². The molecule has 1 heterocycles. The fourth-order valence-corrected chi connectivity index (χ4v) is 3.92. The first-order valence-electron chi connectivity index (χ1n) is 11.6. The van der Waals surface area contributed by atoms with Crippen molar-refractivity contribution in [2.45, 2.75) is 44.6 Å². The maximum atomic E-state index is 12.2. The summed E-state index contributed by atoms with van der Waals surface area (Å²) in [4.78, 5) is 16.1. The Hall–Kier alpha value is -3.68. The number of carbonyl (C=O) groups is 1. The lowest BCUT2D eigenvalue weighted by Crippen LogP contribution is -2.47. The zero-order valence-electron chi connectivity index (χ0n) is 19.7. The van der Waals surface area contributed by atoms with Crippen LogP contribution in [0, 0.1) is 17.2 Å². The average Bonchev–Trinajstić information content (AvgIpc) is 3.37. The van der Waals surface area contributed by atoms with E-state index in [2.05, 4.69) is 21.5 Å². The fourth-order valence-electron chi connectivity index (χ4n) is 3.92. The Labute approximate surface area is 205 Å². The molecule has 182 valence electrons. The van der Waals surface area contributed by atoms with Crippen LogP contribution in [0.25, 0.3) is 0 Å². The Kier molecular flexibility index (Phi) is 9.84. The minimum atomic E-state index is -1.68. The molecule has 3 N–H and O–H groups in total. The van der Waals surface area contributed by atoms with Gasteiger partial charge < -0.3 is 20.1 Å². The van der Waals surface area contributed by atoms with Crippen LogP contribution in [0.15, 0.2) is 67.3 Å². The Balaban J connectivity index is 1.45. The fraction of sp³-hybridized carbons (Fsp3) is 0.360. The largest absolute Gasteiger partial charge is 0.475 e. The van der Waals surface area contributed by atoms with Gasteiger partial charge in [0, 0.05) is 6.42 Å². The van der Waals surface area contributed by atoms with Crippen molar-refractivity contribution in [3.8, 4) is 6.07 Å². The lowest BCUT2D eigenvalue weighted by molar-refractivity contribution is 0.144. The van der Waals surface area contributed by atoms with Gasteiger partial charge in [-0.15, -0.1) is 0 Å². The smallest absolute Gasteiger partial charge is 0.449 e. The van der Waals surface area contributed by atoms with Crippen LogP contribution < -0.4 is 5.32 Å². The summed E-state index contributed by atoms with van der Waals surface area (Å²) in [5.41, 5.74) is 3.12. The van der Waals surface area contributed by atoms with Crippen LogP contribution in [-0.4, -0.2) is 50.6 Å². The van der Waals surface area contributed by atoms with Gasteiger partial charge in [0.2, 0.25) is 0 Å². The van der Waals surface area contributed by atoms with Gasteiger partial charge in [0.05, 0.1) is 18.6 Å². The van der Waals surface area contributed by atoms with E-state index in [1.54, 1.807) is 11.0 Å². The van der Waals surface area contributed by atoms with Crippen molar-refractivity contribution in [3.63, 3.8) is 0 Å². The first-order chi connectivity index (χ1) is 17.0. The summed E-state index contributed by atoms with van der Waals surface area (Å²) in [6, 6.07) is 19.4. The molecule has 2 unspecified atom stereocenters. The summed E-state index contributed by atoms with van der Waals surface area (Å²) in [5.74, 6) is -0.803. The Morgan fingerprint density at radius 2 is 1.89 bits per heavy atom. The molecule has 35 heavy (non-hydrogen) atoms. The number of alkyl carbamates (subject to hydrolysis) is 1. The van der Waals surface area contributed by atoms with Crippen molar-refractivity contribution >= 4 is 13.2 Å². The second kappa shape index (κ2) is 13.3. The molecule has 3 atom stereocenters. The van der Waals surface area contributed by atoms with E-state index in [0.29, 0.717) is 25.7 Å². The maximum absolute atomic E-state index is 12.2. The van der Waals surface area contributed by atoms with Crippen molar-refractivity contribution in [1.82, 2.24) is 20.1 Å². The molecule has 0 saturated carbocycles. The Bertz CT molecular complexity index is 1090. The number of benzene rings is 2. The molecule has 0 aliphatic carbocycles. The number of ether oxygens (including phenoxy) is 1. The zero-order chi connectivity index (χ0) is 25.0.